The standard InChI is InChI=1S/C30H48N4O5S.C30H46N4O4S.C2H6O.Li.H2O/c1-23-19-25(32-4)20-24(2)26(23)12-18-40(37,38)34-16-14-30(15-17-34,28(31)36)33-27(35)11-9-7-5-6-8-10-13-29(3)21-39-22-29;1-23-19-25(31-4)20-24(2)26(23)12-18-39(36,37)34-16-14-30(15-17-34)28(35)32-27(33-30)11-9-7-5-6-8-10-13-29(3)21-38-22-29;1-2-3;;/h12,18-20,32H,5-11,13-17,21-22H2,1-4H3,(H2,31,36)(H,33,35);12,18-20,31H,5-11,13-17,21-22H2,1-4H3,(H,32,33,35);3H,2H2,1H3;;1H2/q;;;+1;/p-1/b2*18-12+;;;. The second-order valence-electron chi connectivity index (χ2n) is 24.2. The number of aryl methyl sites for hydroxylation is 4. The van der Waals surface area contributed by atoms with Gasteiger partial charge in [0.2, 0.25) is 31.9 Å². The first kappa shape index (κ1) is 74.1. The summed E-state index contributed by atoms with van der Waals surface area (Å²) in [6, 6.07) is 7.95. The molecule has 19 nitrogen and oxygen atoms in total. The van der Waals surface area contributed by atoms with Crippen LogP contribution in [0.4, 0.5) is 11.4 Å². The van der Waals surface area contributed by atoms with E-state index in [0.29, 0.717) is 43.2 Å². The van der Waals surface area contributed by atoms with E-state index in [1.165, 1.54) is 70.8 Å². The van der Waals surface area contributed by atoms with Gasteiger partial charge in [-0.25, -0.2) is 16.8 Å². The Hall–Kier alpha value is -4.14. The van der Waals surface area contributed by atoms with Crippen molar-refractivity contribution in [3.8, 4) is 0 Å². The van der Waals surface area contributed by atoms with E-state index >= 15 is 0 Å². The minimum Gasteiger partial charge on any atom is -0.870 e. The number of benzene rings is 2. The normalized spacial score (nSPS) is 18.8. The molecule has 0 aliphatic carbocycles. The van der Waals surface area contributed by atoms with Crippen molar-refractivity contribution < 1.29 is 70.1 Å². The van der Waals surface area contributed by atoms with Crippen molar-refractivity contribution in [2.75, 3.05) is 83.9 Å². The van der Waals surface area contributed by atoms with Crippen molar-refractivity contribution >= 4 is 67.1 Å². The summed E-state index contributed by atoms with van der Waals surface area (Å²) in [5.41, 5.74) is 12.2. The summed E-state index contributed by atoms with van der Waals surface area (Å²) in [7, 11) is -3.59. The Bertz CT molecular complexity index is 2720. The summed E-state index contributed by atoms with van der Waals surface area (Å²) < 4.78 is 65.7. The summed E-state index contributed by atoms with van der Waals surface area (Å²) in [6.07, 6.45) is 21.5. The zero-order valence-corrected chi connectivity index (χ0v) is 54.1. The van der Waals surface area contributed by atoms with Gasteiger partial charge in [-0.1, -0.05) is 78.1 Å². The Morgan fingerprint density at radius 1 is 0.667 bits per heavy atom. The van der Waals surface area contributed by atoms with E-state index in [4.69, 9.17) is 25.3 Å². The number of hydrogen-bond donors (Lipinski definition) is 6. The summed E-state index contributed by atoms with van der Waals surface area (Å²) in [5, 5.41) is 22.2. The van der Waals surface area contributed by atoms with Gasteiger partial charge in [0.1, 0.15) is 16.9 Å². The van der Waals surface area contributed by atoms with Crippen LogP contribution >= 0.6 is 0 Å². The van der Waals surface area contributed by atoms with Crippen molar-refractivity contribution in [2.24, 2.45) is 21.6 Å². The topological polar surface area (TPSA) is 281 Å². The van der Waals surface area contributed by atoms with Crippen LogP contribution in [0, 0.1) is 38.5 Å². The number of piperidine rings is 2. The second-order valence-corrected chi connectivity index (χ2v) is 27.9. The molecule has 0 bridgehead atoms. The first-order valence-electron chi connectivity index (χ1n) is 30.1. The van der Waals surface area contributed by atoms with Crippen molar-refractivity contribution in [2.45, 2.75) is 188 Å². The Balaban J connectivity index is 0.000000411. The molecular weight excluding hydrogens is 1100 g/mol. The van der Waals surface area contributed by atoms with E-state index in [1.54, 1.807) is 19.1 Å². The predicted molar refractivity (Wildman–Crippen MR) is 333 cm³/mol. The molecule has 2 aromatic carbocycles. The number of aliphatic hydroxyl groups is 1. The van der Waals surface area contributed by atoms with E-state index in [0.717, 1.165) is 122 Å². The molecule has 4 fully saturated rings. The van der Waals surface area contributed by atoms with Gasteiger partial charge in [0.05, 0.1) is 26.4 Å². The minimum absolute atomic E-state index is 0. The Morgan fingerprint density at radius 3 is 1.40 bits per heavy atom. The number of nitrogens with two attached hydrogens (primary N) is 1. The molecule has 84 heavy (non-hydrogen) atoms. The predicted octanol–water partition coefficient (Wildman–Crippen LogP) is 6.23. The number of ether oxygens (including phenoxy) is 2. The fraction of sp³-hybridized carbons (Fsp3) is 0.677. The van der Waals surface area contributed by atoms with Gasteiger partial charge in [-0.2, -0.15) is 8.61 Å². The molecule has 0 aromatic heterocycles. The van der Waals surface area contributed by atoms with Gasteiger partial charge < -0.3 is 47.1 Å². The number of sulfonamides is 2. The molecule has 0 saturated carbocycles. The minimum atomic E-state index is -3.70. The fourth-order valence-corrected chi connectivity index (χ4v) is 13.9. The van der Waals surface area contributed by atoms with Crippen molar-refractivity contribution in [3.63, 3.8) is 0 Å². The first-order chi connectivity index (χ1) is 38.9. The van der Waals surface area contributed by atoms with E-state index in [2.05, 4.69) is 35.1 Å². The third-order valence-electron chi connectivity index (χ3n) is 17.0. The molecule has 2 aromatic rings. The third-order valence-corrected chi connectivity index (χ3v) is 20.1. The number of nitrogens with one attached hydrogen (secondary N) is 4. The number of aliphatic imine (C=N–C) groups is 1. The maximum atomic E-state index is 13.1. The quantitative estimate of drug-likeness (QED) is 0.0408. The van der Waals surface area contributed by atoms with Crippen LogP contribution in [0.2, 0.25) is 0 Å². The van der Waals surface area contributed by atoms with Crippen LogP contribution in [0.3, 0.4) is 0 Å². The van der Waals surface area contributed by atoms with Crippen molar-refractivity contribution in [3.05, 3.63) is 68.5 Å². The first-order valence-corrected chi connectivity index (χ1v) is 33.1. The summed E-state index contributed by atoms with van der Waals surface area (Å²) in [4.78, 5) is 42.7. The number of nitrogens with zero attached hydrogens (tertiary/aromatic N) is 3. The largest absolute Gasteiger partial charge is 1.00 e. The number of rotatable bonds is 28. The van der Waals surface area contributed by atoms with Gasteiger partial charge in [0, 0.05) is 92.7 Å². The van der Waals surface area contributed by atoms with Crippen LogP contribution < -0.4 is 45.9 Å². The number of aliphatic hydroxyl groups excluding tert-OH is 1. The van der Waals surface area contributed by atoms with Crippen LogP contribution in [0.15, 0.2) is 40.1 Å². The molecule has 0 unspecified atom stereocenters. The third kappa shape index (κ3) is 21.6. The average molecular weight is 1210 g/mol. The van der Waals surface area contributed by atoms with Crippen LogP contribution in [0.1, 0.15) is 183 Å². The molecule has 5 aliphatic heterocycles. The zero-order valence-electron chi connectivity index (χ0n) is 52.4. The number of hydrogen-bond acceptors (Lipinski definition) is 14. The Morgan fingerprint density at radius 2 is 1.04 bits per heavy atom. The maximum absolute atomic E-state index is 13.1. The molecule has 0 radical (unpaired) electrons. The summed E-state index contributed by atoms with van der Waals surface area (Å²) in [6.45, 7) is 18.8. The summed E-state index contributed by atoms with van der Waals surface area (Å²) >= 11 is 0. The molecule has 8 N–H and O–H groups in total. The molecule has 22 heteroatoms. The molecule has 4 saturated heterocycles. The van der Waals surface area contributed by atoms with Crippen LogP contribution in [0.5, 0.6) is 0 Å². The van der Waals surface area contributed by atoms with Crippen molar-refractivity contribution in [1.29, 1.82) is 0 Å². The molecule has 1 spiro atoms. The van der Waals surface area contributed by atoms with Gasteiger partial charge in [-0.15, -0.1) is 0 Å². The molecule has 3 amide bonds. The fourth-order valence-electron chi connectivity index (χ4n) is 11.6. The molecule has 0 atom stereocenters. The van der Waals surface area contributed by atoms with Gasteiger partial charge >= 0.3 is 18.9 Å². The van der Waals surface area contributed by atoms with E-state index in [9.17, 15) is 31.2 Å². The number of primary amides is 1. The zero-order chi connectivity index (χ0) is 60.2. The number of amidine groups is 1. The number of anilines is 2. The average Bonchev–Trinajstić information content (AvgIpc) is 3.95. The van der Waals surface area contributed by atoms with Crippen LogP contribution in [-0.4, -0.2) is 144 Å². The second kappa shape index (κ2) is 34.4. The molecular formula is C62H101LiN8O11S2. The van der Waals surface area contributed by atoms with E-state index in [-0.39, 0.29) is 68.7 Å². The van der Waals surface area contributed by atoms with E-state index < -0.39 is 37.0 Å². The smallest absolute Gasteiger partial charge is 0.870 e. The number of carbonyl (C=O) groups excluding carboxylic acids is 3. The maximum Gasteiger partial charge on any atom is 1.00 e. The SMILES string of the molecule is CCO.CNc1cc(C)c(/C=C/S(=O)(=O)N2CCC(NC(=O)CCCCCCCCC3(C)COC3)(C(N)=O)CC2)c(C)c1.CNc1cc(C)c(/C=C/S(=O)(=O)N2CCC3(CC2)N=C(CCCCCCCCC2(C)COC2)NC3=O)c(C)c1.[Li+].[OH-]. The van der Waals surface area contributed by atoms with Gasteiger partial charge in [-0.05, 0) is 156 Å². The molecule has 5 aliphatic rings. The van der Waals surface area contributed by atoms with Crippen LogP contribution in [0.25, 0.3) is 12.2 Å². The van der Waals surface area contributed by atoms with Crippen molar-refractivity contribution in [1.82, 2.24) is 19.2 Å². The Kier molecular flexibility index (Phi) is 30.4. The van der Waals surface area contributed by atoms with Gasteiger partial charge in [0.15, 0.2) is 0 Å². The number of carbonyl (C=O) groups is 3. The number of unbranched alkanes of at least 4 members (excludes halogenated alkanes) is 10. The van der Waals surface area contributed by atoms with Gasteiger partial charge in [-0.3, -0.25) is 19.4 Å². The van der Waals surface area contributed by atoms with E-state index in [1.807, 2.05) is 66.1 Å². The molecule has 7 rings (SSSR count). The Labute approximate surface area is 515 Å². The molecule has 5 heterocycles. The number of amides is 3. The summed E-state index contributed by atoms with van der Waals surface area (Å²) in [5.74, 6) is -0.127. The monoisotopic (exact) mass is 1200 g/mol. The molecule has 468 valence electrons. The van der Waals surface area contributed by atoms with Crippen LogP contribution in [-0.2, 0) is 43.9 Å². The van der Waals surface area contributed by atoms with Gasteiger partial charge in [0.25, 0.3) is 5.91 Å².